The highest BCUT2D eigenvalue weighted by Crippen LogP contribution is 2.30. The van der Waals surface area contributed by atoms with Crippen molar-refractivity contribution in [1.29, 1.82) is 0 Å². The number of piperidine rings is 1. The summed E-state index contributed by atoms with van der Waals surface area (Å²) in [5.74, 6) is 0.576. The largest absolute Gasteiger partial charge is 0.480 e. The van der Waals surface area contributed by atoms with Gasteiger partial charge in [0.2, 0.25) is 0 Å². The number of aliphatic hydroxyl groups is 1. The predicted molar refractivity (Wildman–Crippen MR) is 70.9 cm³/mol. The highest BCUT2D eigenvalue weighted by atomic mass is 19.1. The molecule has 1 N–H and O–H groups in total. The van der Waals surface area contributed by atoms with Crippen LogP contribution in [0.2, 0.25) is 0 Å². The van der Waals surface area contributed by atoms with E-state index >= 15 is 0 Å². The van der Waals surface area contributed by atoms with E-state index in [9.17, 15) is 9.18 Å². The van der Waals surface area contributed by atoms with Crippen LogP contribution in [-0.2, 0) is 11.2 Å². The van der Waals surface area contributed by atoms with Crippen molar-refractivity contribution in [3.63, 3.8) is 0 Å². The quantitative estimate of drug-likeness (QED) is 0.889. The average Bonchev–Trinajstić information content (AvgIpc) is 2.89. The Kier molecular flexibility index (Phi) is 3.61. The van der Waals surface area contributed by atoms with E-state index in [2.05, 4.69) is 0 Å². The Morgan fingerprint density at radius 1 is 1.40 bits per heavy atom. The molecule has 1 saturated heterocycles. The van der Waals surface area contributed by atoms with Gasteiger partial charge in [-0.15, -0.1) is 0 Å². The van der Waals surface area contributed by atoms with Crippen LogP contribution in [0.1, 0.15) is 18.4 Å². The van der Waals surface area contributed by atoms with E-state index in [-0.39, 0.29) is 18.3 Å². The van der Waals surface area contributed by atoms with Crippen LogP contribution in [0.3, 0.4) is 0 Å². The molecule has 2 aliphatic heterocycles. The Morgan fingerprint density at radius 2 is 2.15 bits per heavy atom. The highest BCUT2D eigenvalue weighted by molar-refractivity contribution is 5.82. The number of hydrogen-bond acceptors (Lipinski definition) is 3. The number of aliphatic hydroxyl groups excluding tert-OH is 1. The zero-order valence-electron chi connectivity index (χ0n) is 11.2. The number of carbonyl (C=O) groups is 1. The van der Waals surface area contributed by atoms with E-state index in [0.29, 0.717) is 31.2 Å². The van der Waals surface area contributed by atoms with Gasteiger partial charge in [-0.25, -0.2) is 4.39 Å². The lowest BCUT2D eigenvalue weighted by Crippen LogP contribution is -2.45. The smallest absolute Gasteiger partial charge is 0.263 e. The topological polar surface area (TPSA) is 49.8 Å². The Bertz CT molecular complexity index is 512. The van der Waals surface area contributed by atoms with Gasteiger partial charge in [-0.1, -0.05) is 0 Å². The Balaban J connectivity index is 1.63. The molecule has 2 aliphatic rings. The number of rotatable bonds is 2. The average molecular weight is 279 g/mol. The fourth-order valence-corrected chi connectivity index (χ4v) is 2.89. The minimum Gasteiger partial charge on any atom is -0.480 e. The molecular formula is C15H18FNO3. The maximum Gasteiger partial charge on any atom is 0.263 e. The van der Waals surface area contributed by atoms with Gasteiger partial charge in [0.05, 0.1) is 0 Å². The summed E-state index contributed by atoms with van der Waals surface area (Å²) in [5.41, 5.74) is 0.758. The summed E-state index contributed by atoms with van der Waals surface area (Å²) in [6.07, 6.45) is 1.57. The lowest BCUT2D eigenvalue weighted by molar-refractivity contribution is -0.139. The van der Waals surface area contributed by atoms with Crippen LogP contribution in [0, 0.1) is 11.7 Å². The first kappa shape index (κ1) is 13.4. The molecule has 5 heteroatoms. The number of amides is 1. The molecular weight excluding hydrogens is 261 g/mol. The van der Waals surface area contributed by atoms with E-state index < -0.39 is 6.10 Å². The van der Waals surface area contributed by atoms with E-state index in [1.54, 1.807) is 11.0 Å². The maximum atomic E-state index is 13.2. The number of fused-ring (bicyclic) bond motifs is 1. The van der Waals surface area contributed by atoms with Crippen LogP contribution in [0.5, 0.6) is 5.75 Å². The van der Waals surface area contributed by atoms with Crippen LogP contribution in [0.15, 0.2) is 18.2 Å². The lowest BCUT2D eigenvalue weighted by Gasteiger charge is -2.32. The standard InChI is InChI=1S/C15H18FNO3/c16-12-1-2-13-11(7-12)8-14(20-13)15(19)17-5-3-10(9-18)4-6-17/h1-2,7,10,14,18H,3-6,8-9H2. The van der Waals surface area contributed by atoms with Crippen molar-refractivity contribution >= 4 is 5.91 Å². The second-order valence-electron chi connectivity index (χ2n) is 5.51. The number of carbonyl (C=O) groups excluding carboxylic acids is 1. The highest BCUT2D eigenvalue weighted by Gasteiger charge is 2.34. The van der Waals surface area contributed by atoms with Crippen molar-refractivity contribution in [2.45, 2.75) is 25.4 Å². The third-order valence-electron chi connectivity index (χ3n) is 4.16. The minimum atomic E-state index is -0.530. The zero-order valence-corrected chi connectivity index (χ0v) is 11.2. The molecule has 2 heterocycles. The number of halogens is 1. The Morgan fingerprint density at radius 3 is 2.85 bits per heavy atom. The van der Waals surface area contributed by atoms with E-state index in [1.807, 2.05) is 0 Å². The molecule has 1 aromatic carbocycles. The molecule has 0 aromatic heterocycles. The van der Waals surface area contributed by atoms with Crippen LogP contribution >= 0.6 is 0 Å². The van der Waals surface area contributed by atoms with E-state index in [0.717, 1.165) is 18.4 Å². The Hall–Kier alpha value is -1.62. The summed E-state index contributed by atoms with van der Waals surface area (Å²) >= 11 is 0. The number of likely N-dealkylation sites (tertiary alicyclic amines) is 1. The van der Waals surface area contributed by atoms with Gasteiger partial charge in [0.15, 0.2) is 6.10 Å². The fourth-order valence-electron chi connectivity index (χ4n) is 2.89. The summed E-state index contributed by atoms with van der Waals surface area (Å²) in [6, 6.07) is 4.36. The maximum absolute atomic E-state index is 13.2. The van der Waals surface area contributed by atoms with Gasteiger partial charge in [0.1, 0.15) is 11.6 Å². The summed E-state index contributed by atoms with van der Waals surface area (Å²) in [7, 11) is 0. The van der Waals surface area contributed by atoms with Crippen LogP contribution in [0.25, 0.3) is 0 Å². The van der Waals surface area contributed by atoms with Gasteiger partial charge in [0, 0.05) is 31.7 Å². The molecule has 0 spiro atoms. The third-order valence-corrected chi connectivity index (χ3v) is 4.16. The second-order valence-corrected chi connectivity index (χ2v) is 5.51. The van der Waals surface area contributed by atoms with E-state index in [1.165, 1.54) is 12.1 Å². The van der Waals surface area contributed by atoms with Crippen LogP contribution < -0.4 is 4.74 Å². The third kappa shape index (κ3) is 2.50. The second kappa shape index (κ2) is 5.40. The molecule has 0 aliphatic carbocycles. The monoisotopic (exact) mass is 279 g/mol. The normalized spacial score (nSPS) is 22.5. The molecule has 0 radical (unpaired) electrons. The number of ether oxygens (including phenoxy) is 1. The van der Waals surface area contributed by atoms with Gasteiger partial charge in [-0.3, -0.25) is 4.79 Å². The number of benzene rings is 1. The molecule has 1 aromatic rings. The Labute approximate surface area is 117 Å². The van der Waals surface area contributed by atoms with Crippen molar-refractivity contribution in [3.05, 3.63) is 29.6 Å². The molecule has 108 valence electrons. The summed E-state index contributed by atoms with van der Waals surface area (Å²) in [6.45, 7) is 1.51. The van der Waals surface area contributed by atoms with Gasteiger partial charge in [-0.05, 0) is 37.0 Å². The minimum absolute atomic E-state index is 0.0296. The van der Waals surface area contributed by atoms with E-state index in [4.69, 9.17) is 9.84 Å². The molecule has 1 unspecified atom stereocenters. The van der Waals surface area contributed by atoms with Crippen molar-refractivity contribution in [2.75, 3.05) is 19.7 Å². The van der Waals surface area contributed by atoms with Gasteiger partial charge in [-0.2, -0.15) is 0 Å². The molecule has 4 nitrogen and oxygen atoms in total. The van der Waals surface area contributed by atoms with Crippen molar-refractivity contribution in [3.8, 4) is 5.75 Å². The molecule has 20 heavy (non-hydrogen) atoms. The molecule has 1 atom stereocenters. The lowest BCUT2D eigenvalue weighted by atomic mass is 9.97. The van der Waals surface area contributed by atoms with Crippen molar-refractivity contribution in [2.24, 2.45) is 5.92 Å². The first-order valence-electron chi connectivity index (χ1n) is 7.02. The van der Waals surface area contributed by atoms with Crippen molar-refractivity contribution < 1.29 is 19.0 Å². The first-order chi connectivity index (χ1) is 9.67. The zero-order chi connectivity index (χ0) is 14.1. The van der Waals surface area contributed by atoms with Crippen molar-refractivity contribution in [1.82, 2.24) is 4.90 Å². The summed E-state index contributed by atoms with van der Waals surface area (Å²) in [4.78, 5) is 14.2. The first-order valence-corrected chi connectivity index (χ1v) is 7.02. The predicted octanol–water partition coefficient (Wildman–Crippen LogP) is 1.36. The van der Waals surface area contributed by atoms with Gasteiger partial charge < -0.3 is 14.7 Å². The molecule has 1 amide bonds. The molecule has 0 bridgehead atoms. The SMILES string of the molecule is O=C(C1Cc2cc(F)ccc2O1)N1CCC(CO)CC1. The number of hydrogen-bond donors (Lipinski definition) is 1. The molecule has 1 fully saturated rings. The summed E-state index contributed by atoms with van der Waals surface area (Å²) in [5, 5.41) is 9.11. The van der Waals surface area contributed by atoms with Crippen LogP contribution in [0.4, 0.5) is 4.39 Å². The molecule has 0 saturated carbocycles. The summed E-state index contributed by atoms with van der Waals surface area (Å²) < 4.78 is 18.8. The number of nitrogens with zero attached hydrogens (tertiary/aromatic N) is 1. The fraction of sp³-hybridized carbons (Fsp3) is 0.533. The van der Waals surface area contributed by atoms with Gasteiger partial charge >= 0.3 is 0 Å². The van der Waals surface area contributed by atoms with Gasteiger partial charge in [0.25, 0.3) is 5.91 Å². The molecule has 3 rings (SSSR count). The van der Waals surface area contributed by atoms with Crippen LogP contribution in [-0.4, -0.2) is 41.7 Å².